The minimum atomic E-state index is 0.914. The van der Waals surface area contributed by atoms with Crippen LogP contribution in [0.3, 0.4) is 0 Å². The van der Waals surface area contributed by atoms with Gasteiger partial charge in [0.05, 0.1) is 7.11 Å². The van der Waals surface area contributed by atoms with E-state index in [0.717, 1.165) is 38.5 Å². The van der Waals surface area contributed by atoms with Crippen molar-refractivity contribution in [3.05, 3.63) is 75.1 Å². The molecule has 0 radical (unpaired) electrons. The van der Waals surface area contributed by atoms with E-state index in [1.54, 1.807) is 29.8 Å². The summed E-state index contributed by atoms with van der Waals surface area (Å²) in [6, 6.07) is 12.8. The van der Waals surface area contributed by atoms with Crippen LogP contribution in [0.15, 0.2) is 64.0 Å². The molecule has 5 heteroatoms. The summed E-state index contributed by atoms with van der Waals surface area (Å²) in [6.45, 7) is 5.29. The Labute approximate surface area is 169 Å². The second-order valence-electron chi connectivity index (χ2n) is 6.63. The highest BCUT2D eigenvalue weighted by atomic mass is 32.1. The summed E-state index contributed by atoms with van der Waals surface area (Å²) in [4.78, 5) is 5.00. The second-order valence-corrected chi connectivity index (χ2v) is 8.19. The fraction of sp³-hybridized carbons (Fsp3) is 0.273. The number of anilines is 1. The molecule has 27 heavy (non-hydrogen) atoms. The molecule has 0 spiro atoms. The summed E-state index contributed by atoms with van der Waals surface area (Å²) in [5, 5.41) is 8.79. The second kappa shape index (κ2) is 8.74. The Hall–Kier alpha value is -2.08. The van der Waals surface area contributed by atoms with Crippen LogP contribution in [0.4, 0.5) is 5.69 Å². The number of rotatable bonds is 6. The molecular formula is C22H24N2OS2. The molecule has 1 aromatic carbocycles. The molecule has 0 atom stereocenters. The van der Waals surface area contributed by atoms with E-state index >= 15 is 0 Å². The largest absolute Gasteiger partial charge is 0.497 e. The zero-order valence-corrected chi connectivity index (χ0v) is 17.1. The van der Waals surface area contributed by atoms with E-state index in [1.165, 1.54) is 22.4 Å². The molecule has 0 saturated carbocycles. The number of benzene rings is 1. The van der Waals surface area contributed by atoms with E-state index < -0.39 is 0 Å². The van der Waals surface area contributed by atoms with Crippen molar-refractivity contribution < 1.29 is 4.74 Å². The zero-order chi connectivity index (χ0) is 18.5. The van der Waals surface area contributed by atoms with Crippen molar-refractivity contribution in [3.63, 3.8) is 0 Å². The number of piperazine rings is 1. The van der Waals surface area contributed by atoms with Gasteiger partial charge in [-0.1, -0.05) is 6.08 Å². The van der Waals surface area contributed by atoms with Crippen LogP contribution in [0.1, 0.15) is 11.1 Å². The standard InChI is InChI=1S/C22H24N2OS2/c1-25-21-4-2-20(3-5-21)24-12-10-23(11-13-24)9-6-22(18-7-14-26-16-18)19-8-15-27-17-19/h2-8,14-17H,9-13H2,1H3. The predicted molar refractivity (Wildman–Crippen MR) is 117 cm³/mol. The molecule has 1 fully saturated rings. The first-order valence-electron chi connectivity index (χ1n) is 9.20. The summed E-state index contributed by atoms with van der Waals surface area (Å²) >= 11 is 3.52. The minimum Gasteiger partial charge on any atom is -0.497 e. The number of methoxy groups -OCH3 is 1. The van der Waals surface area contributed by atoms with Gasteiger partial charge in [-0.15, -0.1) is 0 Å². The van der Waals surface area contributed by atoms with Crippen molar-refractivity contribution in [1.82, 2.24) is 4.90 Å². The van der Waals surface area contributed by atoms with Gasteiger partial charge in [-0.25, -0.2) is 0 Å². The van der Waals surface area contributed by atoms with Gasteiger partial charge in [-0.05, 0) is 74.6 Å². The van der Waals surface area contributed by atoms with Crippen LogP contribution in [0, 0.1) is 0 Å². The van der Waals surface area contributed by atoms with E-state index in [9.17, 15) is 0 Å². The Bertz CT molecular complexity index is 810. The number of thiophene rings is 2. The summed E-state index contributed by atoms with van der Waals surface area (Å²) in [5.74, 6) is 0.914. The lowest BCUT2D eigenvalue weighted by Gasteiger charge is -2.35. The van der Waals surface area contributed by atoms with Crippen LogP contribution in [0.5, 0.6) is 5.75 Å². The van der Waals surface area contributed by atoms with E-state index in [0.29, 0.717) is 0 Å². The maximum absolute atomic E-state index is 5.26. The van der Waals surface area contributed by atoms with Crippen molar-refractivity contribution >= 4 is 33.9 Å². The molecule has 3 aromatic rings. The first kappa shape index (κ1) is 18.3. The van der Waals surface area contributed by atoms with Crippen LogP contribution in [-0.2, 0) is 0 Å². The number of hydrogen-bond donors (Lipinski definition) is 0. The van der Waals surface area contributed by atoms with Gasteiger partial charge in [-0.3, -0.25) is 4.90 Å². The van der Waals surface area contributed by atoms with Gasteiger partial charge in [0.15, 0.2) is 0 Å². The first-order valence-corrected chi connectivity index (χ1v) is 11.1. The van der Waals surface area contributed by atoms with Gasteiger partial charge in [0, 0.05) is 38.4 Å². The van der Waals surface area contributed by atoms with Crippen LogP contribution >= 0.6 is 22.7 Å². The van der Waals surface area contributed by atoms with Gasteiger partial charge in [0.25, 0.3) is 0 Å². The summed E-state index contributed by atoms with van der Waals surface area (Å²) < 4.78 is 5.26. The highest BCUT2D eigenvalue weighted by Gasteiger charge is 2.17. The van der Waals surface area contributed by atoms with Gasteiger partial charge < -0.3 is 9.64 Å². The summed E-state index contributed by atoms with van der Waals surface area (Å²) in [7, 11) is 1.71. The SMILES string of the molecule is COc1ccc(N2CCN(CC=C(c3ccsc3)c3ccsc3)CC2)cc1. The Morgan fingerprint density at radius 1 is 0.926 bits per heavy atom. The number of ether oxygens (including phenoxy) is 1. The minimum absolute atomic E-state index is 0.914. The Balaban J connectivity index is 1.38. The highest BCUT2D eigenvalue weighted by molar-refractivity contribution is 7.08. The highest BCUT2D eigenvalue weighted by Crippen LogP contribution is 2.27. The Morgan fingerprint density at radius 3 is 2.07 bits per heavy atom. The quantitative estimate of drug-likeness (QED) is 0.578. The fourth-order valence-corrected chi connectivity index (χ4v) is 4.75. The molecule has 0 amide bonds. The van der Waals surface area contributed by atoms with Gasteiger partial charge in [0.2, 0.25) is 0 Å². The topological polar surface area (TPSA) is 15.7 Å². The van der Waals surface area contributed by atoms with Crippen LogP contribution in [0.25, 0.3) is 5.57 Å². The number of nitrogens with zero attached hydrogens (tertiary/aromatic N) is 2. The van der Waals surface area contributed by atoms with Gasteiger partial charge in [0.1, 0.15) is 5.75 Å². The van der Waals surface area contributed by atoms with Crippen molar-refractivity contribution in [3.8, 4) is 5.75 Å². The van der Waals surface area contributed by atoms with E-state index in [4.69, 9.17) is 4.74 Å². The monoisotopic (exact) mass is 396 g/mol. The van der Waals surface area contributed by atoms with Crippen molar-refractivity contribution in [2.75, 3.05) is 44.7 Å². The summed E-state index contributed by atoms with van der Waals surface area (Å²) in [6.07, 6.45) is 2.40. The predicted octanol–water partition coefficient (Wildman–Crippen LogP) is 5.07. The molecule has 0 aliphatic carbocycles. The molecular weight excluding hydrogens is 372 g/mol. The lowest BCUT2D eigenvalue weighted by atomic mass is 10.0. The molecule has 0 N–H and O–H groups in total. The first-order chi connectivity index (χ1) is 13.3. The molecule has 0 bridgehead atoms. The molecule has 140 valence electrons. The lowest BCUT2D eigenvalue weighted by molar-refractivity contribution is 0.284. The Morgan fingerprint density at radius 2 is 1.56 bits per heavy atom. The van der Waals surface area contributed by atoms with Crippen LogP contribution in [0.2, 0.25) is 0 Å². The molecule has 3 heterocycles. The van der Waals surface area contributed by atoms with Gasteiger partial charge in [-0.2, -0.15) is 22.7 Å². The average Bonchev–Trinajstić information content (AvgIpc) is 3.44. The van der Waals surface area contributed by atoms with E-state index in [2.05, 4.69) is 61.7 Å². The Kier molecular flexibility index (Phi) is 5.92. The third-order valence-corrected chi connectivity index (χ3v) is 6.39. The van der Waals surface area contributed by atoms with E-state index in [-0.39, 0.29) is 0 Å². The third-order valence-electron chi connectivity index (χ3n) is 5.03. The normalized spacial score (nSPS) is 14.9. The molecule has 2 aromatic heterocycles. The molecule has 0 unspecified atom stereocenters. The molecule has 1 saturated heterocycles. The maximum Gasteiger partial charge on any atom is 0.119 e. The molecule has 3 nitrogen and oxygen atoms in total. The van der Waals surface area contributed by atoms with Crippen molar-refractivity contribution in [1.29, 1.82) is 0 Å². The smallest absolute Gasteiger partial charge is 0.119 e. The van der Waals surface area contributed by atoms with Crippen LogP contribution < -0.4 is 9.64 Å². The van der Waals surface area contributed by atoms with E-state index in [1.807, 2.05) is 12.1 Å². The fourth-order valence-electron chi connectivity index (χ4n) is 3.44. The van der Waals surface area contributed by atoms with Gasteiger partial charge >= 0.3 is 0 Å². The third kappa shape index (κ3) is 4.43. The average molecular weight is 397 g/mol. The molecule has 1 aliphatic rings. The summed E-state index contributed by atoms with van der Waals surface area (Å²) in [5.41, 5.74) is 5.30. The van der Waals surface area contributed by atoms with Crippen LogP contribution in [-0.4, -0.2) is 44.7 Å². The molecule has 4 rings (SSSR count). The lowest BCUT2D eigenvalue weighted by Crippen LogP contribution is -2.46. The maximum atomic E-state index is 5.26. The van der Waals surface area contributed by atoms with Crippen molar-refractivity contribution in [2.24, 2.45) is 0 Å². The number of hydrogen-bond acceptors (Lipinski definition) is 5. The zero-order valence-electron chi connectivity index (χ0n) is 15.5. The molecule has 1 aliphatic heterocycles. The van der Waals surface area contributed by atoms with Crippen molar-refractivity contribution in [2.45, 2.75) is 0 Å².